The molecule has 3 atom stereocenters. The summed E-state index contributed by atoms with van der Waals surface area (Å²) in [6, 6.07) is 8.01. The maximum atomic E-state index is 15.0. The van der Waals surface area contributed by atoms with Gasteiger partial charge in [-0.15, -0.1) is 0 Å². The largest absolute Gasteiger partial charge is 0.508 e. The number of hydrogen-bond donors (Lipinski definition) is 2. The van der Waals surface area contributed by atoms with E-state index in [-0.39, 0.29) is 49.0 Å². The lowest BCUT2D eigenvalue weighted by atomic mass is 9.94. The highest BCUT2D eigenvalue weighted by Gasteiger charge is 2.49. The topological polar surface area (TPSA) is 104 Å². The first kappa shape index (κ1) is 28.0. The number of nitrogens with zero attached hydrogens (tertiary/aromatic N) is 5. The fraction of sp³-hybridized carbons (Fsp3) is 0.469. The van der Waals surface area contributed by atoms with Crippen LogP contribution in [0.15, 0.2) is 30.3 Å². The van der Waals surface area contributed by atoms with Gasteiger partial charge in [-0.3, -0.25) is 4.90 Å². The average molecular weight is 592 g/mol. The number of hydrogen-bond acceptors (Lipinski definition) is 9. The van der Waals surface area contributed by atoms with Gasteiger partial charge in [0, 0.05) is 32.2 Å². The van der Waals surface area contributed by atoms with E-state index in [1.54, 1.807) is 24.3 Å². The Bertz CT molecular complexity index is 1720. The van der Waals surface area contributed by atoms with Gasteiger partial charge in [0.15, 0.2) is 0 Å². The first-order valence-corrected chi connectivity index (χ1v) is 15.0. The summed E-state index contributed by atoms with van der Waals surface area (Å²) >= 11 is 0. The fourth-order valence-electron chi connectivity index (χ4n) is 7.22. The van der Waals surface area contributed by atoms with Crippen molar-refractivity contribution in [1.29, 1.82) is 0 Å². The van der Waals surface area contributed by atoms with Crippen LogP contribution in [0.2, 0.25) is 0 Å². The first-order valence-electron chi connectivity index (χ1n) is 15.0. The molecule has 0 unspecified atom stereocenters. The molecular weight excluding hydrogens is 556 g/mol. The Balaban J connectivity index is 1.39. The minimum atomic E-state index is -0.875. The molecule has 3 aliphatic heterocycles. The van der Waals surface area contributed by atoms with E-state index in [0.717, 1.165) is 19.4 Å². The minimum absolute atomic E-state index is 0.0306. The van der Waals surface area contributed by atoms with E-state index >= 15 is 0 Å². The first-order chi connectivity index (χ1) is 20.8. The molecule has 7 rings (SSSR count). The maximum absolute atomic E-state index is 15.0. The lowest BCUT2D eigenvalue weighted by Gasteiger charge is -2.31. The Morgan fingerprint density at radius 2 is 2.02 bits per heavy atom. The number of likely N-dealkylation sites (N-methyl/N-ethyl adjacent to an activating group) is 1. The molecule has 2 aromatic heterocycles. The number of aromatic nitrogens is 3. The summed E-state index contributed by atoms with van der Waals surface area (Å²) in [5, 5.41) is 22.3. The maximum Gasteiger partial charge on any atom is 0.319 e. The average Bonchev–Trinajstić information content (AvgIpc) is 3.48. The van der Waals surface area contributed by atoms with Crippen molar-refractivity contribution >= 4 is 27.5 Å². The summed E-state index contributed by atoms with van der Waals surface area (Å²) in [4.78, 5) is 18.6. The molecule has 0 amide bonds. The molecule has 5 heterocycles. The summed E-state index contributed by atoms with van der Waals surface area (Å²) in [6.45, 7) is 3.66. The van der Waals surface area contributed by atoms with Crippen LogP contribution in [0.3, 0.4) is 0 Å². The van der Waals surface area contributed by atoms with Gasteiger partial charge in [-0.25, -0.2) is 13.8 Å². The Labute approximate surface area is 248 Å². The number of aromatic hydroxyl groups is 1. The van der Waals surface area contributed by atoms with Crippen molar-refractivity contribution in [2.75, 3.05) is 44.9 Å². The van der Waals surface area contributed by atoms with E-state index in [4.69, 9.17) is 24.4 Å². The van der Waals surface area contributed by atoms with Crippen molar-refractivity contribution in [3.05, 3.63) is 41.7 Å². The van der Waals surface area contributed by atoms with Crippen molar-refractivity contribution in [2.24, 2.45) is 0 Å². The van der Waals surface area contributed by atoms with Crippen LogP contribution in [0.5, 0.6) is 17.6 Å². The molecule has 11 heteroatoms. The Morgan fingerprint density at radius 1 is 1.16 bits per heavy atom. The molecule has 2 N–H and O–H groups in total. The molecule has 3 aliphatic rings. The van der Waals surface area contributed by atoms with E-state index in [9.17, 15) is 19.0 Å². The van der Waals surface area contributed by atoms with Crippen LogP contribution in [0, 0.1) is 5.82 Å². The SMILES string of the molecule is CCc1c(F)ccc2cc(O)cc(-c3cc4nc(OC[C@@]56CCCN5C[C@H](F)C6)nc5c4c(n3)OC[C@H](CCO)N5C)c12. The van der Waals surface area contributed by atoms with Crippen molar-refractivity contribution in [1.82, 2.24) is 19.9 Å². The molecule has 2 fully saturated rings. The number of aryl methyl sites for hydroxylation is 1. The van der Waals surface area contributed by atoms with Crippen LogP contribution < -0.4 is 14.4 Å². The van der Waals surface area contributed by atoms with Crippen LogP contribution in [-0.2, 0) is 6.42 Å². The second-order valence-corrected chi connectivity index (χ2v) is 12.0. The van der Waals surface area contributed by atoms with Gasteiger partial charge in [-0.05, 0) is 72.8 Å². The van der Waals surface area contributed by atoms with Crippen LogP contribution in [-0.4, -0.2) is 87.8 Å². The number of aliphatic hydroxyl groups excluding tert-OH is 1. The molecule has 2 aromatic carbocycles. The summed E-state index contributed by atoms with van der Waals surface area (Å²) in [5.41, 5.74) is 1.69. The van der Waals surface area contributed by atoms with E-state index in [1.807, 2.05) is 18.9 Å². The predicted octanol–water partition coefficient (Wildman–Crippen LogP) is 4.79. The standard InChI is InChI=1S/C32H35F2N5O4/c1-3-22-24(34)6-5-18-11-21(41)12-23(27(18)22)25-13-26-28-29(38(2)20(7-10-40)16-42-30(28)35-25)37-31(36-26)43-17-32-8-4-9-39(32)15-19(33)14-32/h5-6,11-13,19-20,40-41H,3-4,7-10,14-17H2,1-2H3/t19-,20+,32+/m1/s1. The minimum Gasteiger partial charge on any atom is -0.508 e. The summed E-state index contributed by atoms with van der Waals surface area (Å²) < 4.78 is 41.9. The van der Waals surface area contributed by atoms with Gasteiger partial charge >= 0.3 is 6.01 Å². The number of anilines is 1. The normalized spacial score (nSPS) is 23.5. The second-order valence-electron chi connectivity index (χ2n) is 12.0. The van der Waals surface area contributed by atoms with Gasteiger partial charge < -0.3 is 24.6 Å². The number of fused-ring (bicyclic) bond motifs is 2. The zero-order valence-corrected chi connectivity index (χ0v) is 24.3. The summed E-state index contributed by atoms with van der Waals surface area (Å²) in [5.74, 6) is 0.572. The van der Waals surface area contributed by atoms with Gasteiger partial charge in [-0.2, -0.15) is 9.97 Å². The summed E-state index contributed by atoms with van der Waals surface area (Å²) in [7, 11) is 1.89. The van der Waals surface area contributed by atoms with Crippen LogP contribution in [0.4, 0.5) is 14.6 Å². The van der Waals surface area contributed by atoms with Gasteiger partial charge in [0.1, 0.15) is 42.2 Å². The third-order valence-corrected chi connectivity index (χ3v) is 9.38. The predicted molar refractivity (Wildman–Crippen MR) is 159 cm³/mol. The number of aliphatic hydroxyl groups is 1. The van der Waals surface area contributed by atoms with Crippen molar-refractivity contribution < 1.29 is 28.5 Å². The van der Waals surface area contributed by atoms with Crippen LogP contribution in [0.1, 0.15) is 38.2 Å². The Kier molecular flexibility index (Phi) is 6.97. The van der Waals surface area contributed by atoms with Gasteiger partial charge in [-0.1, -0.05) is 13.0 Å². The van der Waals surface area contributed by atoms with Crippen molar-refractivity contribution in [3.8, 4) is 28.9 Å². The number of ether oxygens (including phenoxy) is 2. The smallest absolute Gasteiger partial charge is 0.319 e. The third-order valence-electron chi connectivity index (χ3n) is 9.38. The highest BCUT2D eigenvalue weighted by atomic mass is 19.1. The third kappa shape index (κ3) is 4.69. The number of phenols is 1. The van der Waals surface area contributed by atoms with E-state index in [0.29, 0.717) is 76.0 Å². The molecule has 0 spiro atoms. The Hall–Kier alpha value is -3.83. The number of alkyl halides is 1. The van der Waals surface area contributed by atoms with Gasteiger partial charge in [0.2, 0.25) is 5.88 Å². The fourth-order valence-corrected chi connectivity index (χ4v) is 7.22. The molecule has 226 valence electrons. The molecule has 0 aliphatic carbocycles. The number of phenolic OH excluding ortho intramolecular Hbond substituents is 1. The number of rotatable bonds is 7. The highest BCUT2D eigenvalue weighted by Crippen LogP contribution is 2.43. The number of benzene rings is 2. The molecule has 0 radical (unpaired) electrons. The van der Waals surface area contributed by atoms with Crippen LogP contribution in [0.25, 0.3) is 32.9 Å². The van der Waals surface area contributed by atoms with Gasteiger partial charge in [0.05, 0.1) is 22.8 Å². The Morgan fingerprint density at radius 3 is 2.84 bits per heavy atom. The number of pyridine rings is 1. The molecule has 2 saturated heterocycles. The van der Waals surface area contributed by atoms with E-state index < -0.39 is 6.17 Å². The molecule has 0 saturated carbocycles. The quantitative estimate of drug-likeness (QED) is 0.314. The molecule has 9 nitrogen and oxygen atoms in total. The highest BCUT2D eigenvalue weighted by molar-refractivity contribution is 6.02. The zero-order valence-electron chi connectivity index (χ0n) is 24.3. The van der Waals surface area contributed by atoms with Crippen molar-refractivity contribution in [2.45, 2.75) is 56.8 Å². The zero-order chi connectivity index (χ0) is 29.9. The molecule has 43 heavy (non-hydrogen) atoms. The molecule has 0 bridgehead atoms. The lowest BCUT2D eigenvalue weighted by molar-refractivity contribution is 0.107. The summed E-state index contributed by atoms with van der Waals surface area (Å²) in [6.07, 6.45) is 2.32. The lowest BCUT2D eigenvalue weighted by Crippen LogP contribution is -2.43. The molecular formula is C32H35F2N5O4. The van der Waals surface area contributed by atoms with Crippen molar-refractivity contribution in [3.63, 3.8) is 0 Å². The van der Waals surface area contributed by atoms with E-state index in [1.165, 1.54) is 6.07 Å². The van der Waals surface area contributed by atoms with Crippen LogP contribution >= 0.6 is 0 Å². The van der Waals surface area contributed by atoms with E-state index in [2.05, 4.69) is 4.90 Å². The monoisotopic (exact) mass is 591 g/mol. The number of halogens is 2. The van der Waals surface area contributed by atoms with Gasteiger partial charge in [0.25, 0.3) is 0 Å². The second kappa shape index (κ2) is 10.7. The molecule has 4 aromatic rings.